The molecule has 4 rings (SSSR count). The fourth-order valence-corrected chi connectivity index (χ4v) is 3.32. The van der Waals surface area contributed by atoms with Gasteiger partial charge < -0.3 is 24.3 Å². The largest absolute Gasteiger partial charge is 0.497 e. The monoisotopic (exact) mass is 413 g/mol. The van der Waals surface area contributed by atoms with Crippen LogP contribution in [0.1, 0.15) is 16.8 Å². The Morgan fingerprint density at radius 3 is 3.03 bits per heavy atom. The molecule has 1 aromatic carbocycles. The third-order valence-corrected chi connectivity index (χ3v) is 4.90. The van der Waals surface area contributed by atoms with Crippen molar-refractivity contribution in [3.63, 3.8) is 0 Å². The van der Waals surface area contributed by atoms with Gasteiger partial charge in [-0.25, -0.2) is 9.78 Å². The van der Waals surface area contributed by atoms with E-state index in [0.29, 0.717) is 42.6 Å². The molecule has 0 spiro atoms. The van der Waals surface area contributed by atoms with Crippen molar-refractivity contribution in [1.82, 2.24) is 10.3 Å². The number of anilines is 1. The van der Waals surface area contributed by atoms with Gasteiger partial charge in [-0.15, -0.1) is 0 Å². The first-order valence-corrected chi connectivity index (χ1v) is 9.73. The molecule has 158 valence electrons. The Kier molecular flexibility index (Phi) is 5.99. The molecule has 9 nitrogen and oxygen atoms in total. The Balaban J connectivity index is 1.32. The summed E-state index contributed by atoms with van der Waals surface area (Å²) in [5.74, 6) is 0.743. The van der Waals surface area contributed by atoms with Crippen LogP contribution in [0.15, 0.2) is 42.6 Å². The molecule has 2 aliphatic rings. The third-order valence-electron chi connectivity index (χ3n) is 4.90. The molecule has 2 amide bonds. The van der Waals surface area contributed by atoms with Crippen LogP contribution in [0.5, 0.6) is 11.6 Å². The van der Waals surface area contributed by atoms with E-state index >= 15 is 0 Å². The molecule has 2 unspecified atom stereocenters. The Morgan fingerprint density at radius 1 is 1.33 bits per heavy atom. The maximum atomic E-state index is 12.5. The first-order valence-electron chi connectivity index (χ1n) is 9.73. The van der Waals surface area contributed by atoms with Gasteiger partial charge in [0.2, 0.25) is 5.88 Å². The van der Waals surface area contributed by atoms with Crippen molar-refractivity contribution in [3.8, 4) is 11.6 Å². The molecule has 0 saturated carbocycles. The maximum absolute atomic E-state index is 12.5. The van der Waals surface area contributed by atoms with Gasteiger partial charge in [-0.1, -0.05) is 6.07 Å². The van der Waals surface area contributed by atoms with Crippen molar-refractivity contribution in [2.75, 3.05) is 38.3 Å². The lowest BCUT2D eigenvalue weighted by Gasteiger charge is -2.14. The first-order chi connectivity index (χ1) is 14.6. The van der Waals surface area contributed by atoms with Crippen molar-refractivity contribution >= 4 is 17.7 Å². The highest BCUT2D eigenvalue weighted by molar-refractivity contribution is 5.94. The maximum Gasteiger partial charge on any atom is 0.414 e. The number of pyridine rings is 1. The van der Waals surface area contributed by atoms with Crippen molar-refractivity contribution < 1.29 is 28.5 Å². The van der Waals surface area contributed by atoms with Gasteiger partial charge in [0.05, 0.1) is 39.1 Å². The molecule has 1 aromatic heterocycles. The number of nitrogens with one attached hydrogen (secondary N) is 1. The summed E-state index contributed by atoms with van der Waals surface area (Å²) in [6, 6.07) is 10.4. The molecule has 3 heterocycles. The zero-order valence-corrected chi connectivity index (χ0v) is 16.6. The molecule has 2 aromatic rings. The number of cyclic esters (lactones) is 1. The van der Waals surface area contributed by atoms with Crippen molar-refractivity contribution in [2.45, 2.75) is 18.6 Å². The number of hydrogen-bond donors (Lipinski definition) is 1. The minimum Gasteiger partial charge on any atom is -0.497 e. The molecule has 2 saturated heterocycles. The van der Waals surface area contributed by atoms with Crippen LogP contribution in [0.25, 0.3) is 0 Å². The smallest absolute Gasteiger partial charge is 0.414 e. The number of ether oxygens (including phenoxy) is 4. The highest BCUT2D eigenvalue weighted by Gasteiger charge is 2.32. The zero-order chi connectivity index (χ0) is 20.9. The van der Waals surface area contributed by atoms with E-state index in [4.69, 9.17) is 18.9 Å². The summed E-state index contributed by atoms with van der Waals surface area (Å²) in [6.45, 7) is 1.71. The number of hydrogen-bond acceptors (Lipinski definition) is 7. The van der Waals surface area contributed by atoms with Crippen LogP contribution in [0.3, 0.4) is 0 Å². The lowest BCUT2D eigenvalue weighted by molar-refractivity contribution is 0.0914. The Morgan fingerprint density at radius 2 is 2.23 bits per heavy atom. The quantitative estimate of drug-likeness (QED) is 0.741. The first kappa shape index (κ1) is 20.0. The lowest BCUT2D eigenvalue weighted by atomic mass is 10.2. The molecule has 1 N–H and O–H groups in total. The number of carbonyl (C=O) groups is 2. The Labute approximate surface area is 173 Å². The molecule has 2 atom stereocenters. The van der Waals surface area contributed by atoms with Crippen LogP contribution < -0.4 is 19.7 Å². The Bertz CT molecular complexity index is 915. The molecule has 2 aliphatic heterocycles. The van der Waals surface area contributed by atoms with Gasteiger partial charge in [-0.05, 0) is 18.2 Å². The summed E-state index contributed by atoms with van der Waals surface area (Å²) in [4.78, 5) is 30.4. The predicted octanol–water partition coefficient (Wildman–Crippen LogP) is 2.01. The molecular formula is C21H23N3O6. The minimum atomic E-state index is -0.458. The SMILES string of the molecule is COc1cccc(N2CC(CNC(=O)c3ccnc(OC4CCOC4)c3)OC2=O)c1. The van der Waals surface area contributed by atoms with Gasteiger partial charge >= 0.3 is 6.09 Å². The van der Waals surface area contributed by atoms with Gasteiger partial charge in [0.25, 0.3) is 5.91 Å². The normalized spacial score (nSPS) is 20.7. The van der Waals surface area contributed by atoms with E-state index in [1.54, 1.807) is 43.5 Å². The summed E-state index contributed by atoms with van der Waals surface area (Å²) >= 11 is 0. The van der Waals surface area contributed by atoms with Crippen LogP contribution >= 0.6 is 0 Å². The second kappa shape index (κ2) is 9.00. The van der Waals surface area contributed by atoms with Crippen LogP contribution in [0.4, 0.5) is 10.5 Å². The van der Waals surface area contributed by atoms with E-state index in [-0.39, 0.29) is 18.6 Å². The number of nitrogens with zero attached hydrogens (tertiary/aromatic N) is 2. The van der Waals surface area contributed by atoms with Crippen molar-refractivity contribution in [3.05, 3.63) is 48.2 Å². The van der Waals surface area contributed by atoms with E-state index in [0.717, 1.165) is 6.42 Å². The van der Waals surface area contributed by atoms with Gasteiger partial charge in [0, 0.05) is 30.3 Å². The fraction of sp³-hybridized carbons (Fsp3) is 0.381. The summed E-state index contributed by atoms with van der Waals surface area (Å²) in [6.07, 6.45) is 1.37. The fourth-order valence-electron chi connectivity index (χ4n) is 3.32. The average molecular weight is 413 g/mol. The third kappa shape index (κ3) is 4.62. The minimum absolute atomic E-state index is 0.0451. The van der Waals surface area contributed by atoms with E-state index in [2.05, 4.69) is 10.3 Å². The molecule has 2 fully saturated rings. The van der Waals surface area contributed by atoms with E-state index in [1.165, 1.54) is 11.1 Å². The standard InChI is InChI=1S/C21H23N3O6/c1-27-16-4-2-3-15(10-16)24-12-18(30-21(24)26)11-23-20(25)14-5-7-22-19(9-14)29-17-6-8-28-13-17/h2-5,7,9-10,17-18H,6,8,11-13H2,1H3,(H,23,25). The summed E-state index contributed by atoms with van der Waals surface area (Å²) in [7, 11) is 1.57. The summed E-state index contributed by atoms with van der Waals surface area (Å²) < 4.78 is 21.6. The van der Waals surface area contributed by atoms with E-state index < -0.39 is 12.2 Å². The van der Waals surface area contributed by atoms with Gasteiger partial charge in [0.15, 0.2) is 0 Å². The van der Waals surface area contributed by atoms with Gasteiger partial charge in [0.1, 0.15) is 18.0 Å². The highest BCUT2D eigenvalue weighted by atomic mass is 16.6. The molecule has 0 aliphatic carbocycles. The van der Waals surface area contributed by atoms with Crippen molar-refractivity contribution in [2.24, 2.45) is 0 Å². The molecule has 30 heavy (non-hydrogen) atoms. The van der Waals surface area contributed by atoms with E-state index in [9.17, 15) is 9.59 Å². The molecule has 0 radical (unpaired) electrons. The van der Waals surface area contributed by atoms with Crippen LogP contribution in [0.2, 0.25) is 0 Å². The average Bonchev–Trinajstić information content (AvgIpc) is 3.41. The van der Waals surface area contributed by atoms with Crippen LogP contribution in [0, 0.1) is 0 Å². The number of rotatable bonds is 7. The van der Waals surface area contributed by atoms with Gasteiger partial charge in [-0.2, -0.15) is 0 Å². The van der Waals surface area contributed by atoms with Crippen LogP contribution in [-0.2, 0) is 9.47 Å². The molecular weight excluding hydrogens is 390 g/mol. The van der Waals surface area contributed by atoms with Crippen molar-refractivity contribution in [1.29, 1.82) is 0 Å². The second-order valence-corrected chi connectivity index (χ2v) is 7.01. The van der Waals surface area contributed by atoms with E-state index in [1.807, 2.05) is 0 Å². The van der Waals surface area contributed by atoms with Gasteiger partial charge in [-0.3, -0.25) is 9.69 Å². The number of amides is 2. The summed E-state index contributed by atoms with van der Waals surface area (Å²) in [5, 5.41) is 2.80. The number of methoxy groups -OCH3 is 1. The van der Waals surface area contributed by atoms with Crippen LogP contribution in [-0.4, -0.2) is 62.6 Å². The summed E-state index contributed by atoms with van der Waals surface area (Å²) in [5.41, 5.74) is 1.10. The molecule has 0 bridgehead atoms. The number of benzene rings is 1. The Hall–Kier alpha value is -3.33. The highest BCUT2D eigenvalue weighted by Crippen LogP contribution is 2.25. The lowest BCUT2D eigenvalue weighted by Crippen LogP contribution is -2.34. The second-order valence-electron chi connectivity index (χ2n) is 7.01. The zero-order valence-electron chi connectivity index (χ0n) is 16.6. The number of aromatic nitrogens is 1. The predicted molar refractivity (Wildman–Crippen MR) is 107 cm³/mol. The number of carbonyl (C=O) groups excluding carboxylic acids is 2. The topological polar surface area (TPSA) is 99.2 Å². The molecule has 9 heteroatoms.